The van der Waals surface area contributed by atoms with E-state index in [9.17, 15) is 9.59 Å². The fourth-order valence-electron chi connectivity index (χ4n) is 1.98. The van der Waals surface area contributed by atoms with E-state index in [1.807, 2.05) is 45.0 Å². The van der Waals surface area contributed by atoms with Gasteiger partial charge in [0, 0.05) is 13.0 Å². The van der Waals surface area contributed by atoms with Crippen LogP contribution in [-0.4, -0.2) is 30.8 Å². The molecule has 0 atom stereocenters. The maximum absolute atomic E-state index is 11.5. The van der Waals surface area contributed by atoms with Crippen molar-refractivity contribution in [1.82, 2.24) is 5.32 Å². The molecule has 1 N–H and O–H groups in total. The van der Waals surface area contributed by atoms with Crippen molar-refractivity contribution in [3.8, 4) is 0 Å². The molecule has 0 radical (unpaired) electrons. The summed E-state index contributed by atoms with van der Waals surface area (Å²) in [6.45, 7) is 8.25. The molecule has 128 valence electrons. The van der Waals surface area contributed by atoms with E-state index >= 15 is 0 Å². The maximum atomic E-state index is 11.5. The largest absolute Gasteiger partial charge is 0.466 e. The minimum atomic E-state index is -0.481. The molecule has 1 aromatic rings. The number of rotatable bonds is 7. The standard InChI is InChI=1S/C18H27NO4/c1-5-22-16(20)11-10-14-6-8-15(9-7-14)12-13-19-17(21)23-18(2,3)4/h6-9H,5,10-13H2,1-4H3,(H,19,21). The van der Waals surface area contributed by atoms with Crippen LogP contribution in [-0.2, 0) is 27.1 Å². The number of nitrogens with one attached hydrogen (secondary N) is 1. The van der Waals surface area contributed by atoms with Gasteiger partial charge in [-0.1, -0.05) is 24.3 Å². The van der Waals surface area contributed by atoms with Crippen molar-refractivity contribution in [2.45, 2.75) is 52.6 Å². The Hall–Kier alpha value is -2.04. The minimum absolute atomic E-state index is 0.168. The van der Waals surface area contributed by atoms with Crippen LogP contribution in [0.5, 0.6) is 0 Å². The van der Waals surface area contributed by atoms with Gasteiger partial charge >= 0.3 is 12.1 Å². The van der Waals surface area contributed by atoms with Crippen molar-refractivity contribution in [3.05, 3.63) is 35.4 Å². The third kappa shape index (κ3) is 8.86. The Morgan fingerprint density at radius 1 is 1.04 bits per heavy atom. The summed E-state index contributed by atoms with van der Waals surface area (Å²) in [6.07, 6.45) is 1.41. The van der Waals surface area contributed by atoms with E-state index in [-0.39, 0.29) is 5.97 Å². The molecule has 5 nitrogen and oxygen atoms in total. The normalized spacial score (nSPS) is 11.0. The zero-order valence-corrected chi connectivity index (χ0v) is 14.5. The van der Waals surface area contributed by atoms with Crippen molar-refractivity contribution in [1.29, 1.82) is 0 Å². The molecule has 0 unspecified atom stereocenters. The highest BCUT2D eigenvalue weighted by Gasteiger charge is 2.15. The van der Waals surface area contributed by atoms with Crippen LogP contribution in [0.1, 0.15) is 45.2 Å². The van der Waals surface area contributed by atoms with Gasteiger partial charge in [-0.3, -0.25) is 4.79 Å². The van der Waals surface area contributed by atoms with Gasteiger partial charge in [-0.05, 0) is 51.7 Å². The van der Waals surface area contributed by atoms with Crippen LogP contribution in [0.25, 0.3) is 0 Å². The Morgan fingerprint density at radius 2 is 1.61 bits per heavy atom. The van der Waals surface area contributed by atoms with Crippen molar-refractivity contribution < 1.29 is 19.1 Å². The number of amides is 1. The highest BCUT2D eigenvalue weighted by molar-refractivity contribution is 5.69. The SMILES string of the molecule is CCOC(=O)CCc1ccc(CCNC(=O)OC(C)(C)C)cc1. The summed E-state index contributed by atoms with van der Waals surface area (Å²) in [7, 11) is 0. The minimum Gasteiger partial charge on any atom is -0.466 e. The molecule has 0 aliphatic heterocycles. The predicted molar refractivity (Wildman–Crippen MR) is 89.3 cm³/mol. The lowest BCUT2D eigenvalue weighted by molar-refractivity contribution is -0.143. The lowest BCUT2D eigenvalue weighted by Crippen LogP contribution is -2.33. The molecule has 1 rings (SSSR count). The summed E-state index contributed by atoms with van der Waals surface area (Å²) < 4.78 is 10.1. The molecular weight excluding hydrogens is 294 g/mol. The van der Waals surface area contributed by atoms with E-state index in [1.54, 1.807) is 6.92 Å². The maximum Gasteiger partial charge on any atom is 0.407 e. The van der Waals surface area contributed by atoms with Crippen LogP contribution in [0, 0.1) is 0 Å². The Bertz CT molecular complexity index is 503. The van der Waals surface area contributed by atoms with E-state index in [2.05, 4.69) is 5.32 Å². The number of hydrogen-bond donors (Lipinski definition) is 1. The molecule has 5 heteroatoms. The van der Waals surface area contributed by atoms with Crippen molar-refractivity contribution >= 4 is 12.1 Å². The summed E-state index contributed by atoms with van der Waals surface area (Å²) in [4.78, 5) is 22.8. The van der Waals surface area contributed by atoms with Gasteiger partial charge in [-0.15, -0.1) is 0 Å². The van der Waals surface area contributed by atoms with Gasteiger partial charge in [-0.25, -0.2) is 4.79 Å². The monoisotopic (exact) mass is 321 g/mol. The zero-order chi connectivity index (χ0) is 17.3. The zero-order valence-electron chi connectivity index (χ0n) is 14.5. The number of carbonyl (C=O) groups excluding carboxylic acids is 2. The van der Waals surface area contributed by atoms with Crippen LogP contribution < -0.4 is 5.32 Å². The molecular formula is C18H27NO4. The fourth-order valence-corrected chi connectivity index (χ4v) is 1.98. The fraction of sp³-hybridized carbons (Fsp3) is 0.556. The summed E-state index contributed by atoms with van der Waals surface area (Å²) in [6, 6.07) is 8.03. The number of esters is 1. The van der Waals surface area contributed by atoms with E-state index < -0.39 is 11.7 Å². The van der Waals surface area contributed by atoms with Gasteiger partial charge < -0.3 is 14.8 Å². The Labute approximate surface area is 138 Å². The van der Waals surface area contributed by atoms with Gasteiger partial charge in [0.05, 0.1) is 6.61 Å². The van der Waals surface area contributed by atoms with E-state index in [0.29, 0.717) is 26.0 Å². The van der Waals surface area contributed by atoms with Crippen molar-refractivity contribution in [3.63, 3.8) is 0 Å². The van der Waals surface area contributed by atoms with Gasteiger partial charge in [0.15, 0.2) is 0 Å². The smallest absolute Gasteiger partial charge is 0.407 e. The molecule has 0 fully saturated rings. The van der Waals surface area contributed by atoms with E-state index in [1.165, 1.54) is 0 Å². The molecule has 0 spiro atoms. The molecule has 0 aliphatic rings. The topological polar surface area (TPSA) is 64.6 Å². The van der Waals surface area contributed by atoms with Crippen molar-refractivity contribution in [2.24, 2.45) is 0 Å². The first-order valence-electron chi connectivity index (χ1n) is 8.00. The third-order valence-electron chi connectivity index (χ3n) is 3.03. The van der Waals surface area contributed by atoms with Gasteiger partial charge in [0.1, 0.15) is 5.60 Å². The molecule has 1 aromatic carbocycles. The number of hydrogen-bond acceptors (Lipinski definition) is 4. The number of carbonyl (C=O) groups is 2. The third-order valence-corrected chi connectivity index (χ3v) is 3.03. The highest BCUT2D eigenvalue weighted by Crippen LogP contribution is 2.09. The van der Waals surface area contributed by atoms with Crippen LogP contribution >= 0.6 is 0 Å². The average Bonchev–Trinajstić information content (AvgIpc) is 2.45. The Kier molecular flexibility index (Phi) is 7.59. The number of benzene rings is 1. The number of alkyl carbamates (subject to hydrolysis) is 1. The van der Waals surface area contributed by atoms with Gasteiger partial charge in [0.2, 0.25) is 0 Å². The molecule has 0 aliphatic carbocycles. The number of aryl methyl sites for hydroxylation is 1. The second-order valence-corrected chi connectivity index (χ2v) is 6.30. The van der Waals surface area contributed by atoms with Crippen LogP contribution in [0.2, 0.25) is 0 Å². The molecule has 23 heavy (non-hydrogen) atoms. The molecule has 0 bridgehead atoms. The second kappa shape index (κ2) is 9.18. The lowest BCUT2D eigenvalue weighted by Gasteiger charge is -2.19. The Morgan fingerprint density at radius 3 is 2.13 bits per heavy atom. The molecule has 0 saturated carbocycles. The Balaban J connectivity index is 2.31. The first kappa shape index (κ1) is 19.0. The van der Waals surface area contributed by atoms with Crippen LogP contribution in [0.4, 0.5) is 4.79 Å². The summed E-state index contributed by atoms with van der Waals surface area (Å²) in [5.41, 5.74) is 1.74. The number of ether oxygens (including phenoxy) is 2. The first-order valence-corrected chi connectivity index (χ1v) is 8.00. The predicted octanol–water partition coefficient (Wildman–Crippen LogP) is 3.25. The van der Waals surface area contributed by atoms with Crippen LogP contribution in [0.15, 0.2) is 24.3 Å². The summed E-state index contributed by atoms with van der Waals surface area (Å²) >= 11 is 0. The molecule has 0 heterocycles. The van der Waals surface area contributed by atoms with Crippen LogP contribution in [0.3, 0.4) is 0 Å². The molecule has 0 saturated heterocycles. The van der Waals surface area contributed by atoms with E-state index in [0.717, 1.165) is 17.5 Å². The molecule has 1 amide bonds. The quantitative estimate of drug-likeness (QED) is 0.783. The second-order valence-electron chi connectivity index (χ2n) is 6.30. The first-order chi connectivity index (χ1) is 10.8. The van der Waals surface area contributed by atoms with Gasteiger partial charge in [-0.2, -0.15) is 0 Å². The lowest BCUT2D eigenvalue weighted by atomic mass is 10.1. The molecule has 0 aromatic heterocycles. The van der Waals surface area contributed by atoms with Crippen molar-refractivity contribution in [2.75, 3.05) is 13.2 Å². The highest BCUT2D eigenvalue weighted by atomic mass is 16.6. The summed E-state index contributed by atoms with van der Waals surface area (Å²) in [5, 5.41) is 2.73. The van der Waals surface area contributed by atoms with Gasteiger partial charge in [0.25, 0.3) is 0 Å². The summed E-state index contributed by atoms with van der Waals surface area (Å²) in [5.74, 6) is -0.168. The van der Waals surface area contributed by atoms with E-state index in [4.69, 9.17) is 9.47 Å². The average molecular weight is 321 g/mol.